The Hall–Kier alpha value is -2.11. The number of esters is 1. The van der Waals surface area contributed by atoms with Gasteiger partial charge in [-0.25, -0.2) is 4.79 Å². The first-order valence-corrected chi connectivity index (χ1v) is 7.81. The van der Waals surface area contributed by atoms with Gasteiger partial charge in [-0.15, -0.1) is 0 Å². The van der Waals surface area contributed by atoms with Crippen molar-refractivity contribution in [2.75, 3.05) is 26.8 Å². The normalized spacial score (nSPS) is 18.3. The molecule has 1 fully saturated rings. The molecule has 0 bridgehead atoms. The topological polar surface area (TPSA) is 62.9 Å². The molecule has 122 valence electrons. The second-order valence-electron chi connectivity index (χ2n) is 5.88. The molecule has 1 aliphatic heterocycles. The van der Waals surface area contributed by atoms with E-state index in [1.165, 1.54) is 7.11 Å². The monoisotopic (exact) mass is 315 g/mol. The van der Waals surface area contributed by atoms with E-state index >= 15 is 0 Å². The van der Waals surface area contributed by atoms with Crippen molar-refractivity contribution in [1.82, 2.24) is 4.90 Å². The van der Waals surface area contributed by atoms with Crippen LogP contribution in [-0.4, -0.2) is 42.8 Å². The van der Waals surface area contributed by atoms with Crippen LogP contribution in [0, 0.1) is 5.92 Å². The first-order chi connectivity index (χ1) is 11.2. The lowest BCUT2D eigenvalue weighted by molar-refractivity contribution is 0.0601. The number of methoxy groups -OCH3 is 1. The van der Waals surface area contributed by atoms with Gasteiger partial charge in [-0.05, 0) is 37.1 Å². The second-order valence-corrected chi connectivity index (χ2v) is 5.88. The number of ether oxygens (including phenoxy) is 1. The number of rotatable bonds is 5. The van der Waals surface area contributed by atoms with E-state index in [2.05, 4.69) is 4.90 Å². The lowest BCUT2D eigenvalue weighted by atomic mass is 10.1. The molecule has 2 aromatic rings. The number of hydrogen-bond acceptors (Lipinski definition) is 5. The van der Waals surface area contributed by atoms with Crippen molar-refractivity contribution in [3.8, 4) is 11.3 Å². The zero-order valence-electron chi connectivity index (χ0n) is 13.2. The van der Waals surface area contributed by atoms with Gasteiger partial charge in [0.2, 0.25) is 0 Å². The standard InChI is InChI=1S/C18H21NO4/c1-22-18(21)16-5-3-2-4-15(16)17-7-6-14(23-17)11-19-9-8-13(10-19)12-20/h2-7,13,20H,8-12H2,1H3/t13-/m0/s1. The summed E-state index contributed by atoms with van der Waals surface area (Å²) in [6.07, 6.45) is 1.02. The van der Waals surface area contributed by atoms with Crippen LogP contribution in [0.4, 0.5) is 0 Å². The van der Waals surface area contributed by atoms with E-state index < -0.39 is 0 Å². The van der Waals surface area contributed by atoms with Gasteiger partial charge in [0, 0.05) is 18.7 Å². The Bertz CT molecular complexity index is 679. The van der Waals surface area contributed by atoms with E-state index in [0.717, 1.165) is 37.4 Å². The second kappa shape index (κ2) is 6.98. The molecule has 1 aromatic heterocycles. The van der Waals surface area contributed by atoms with E-state index in [1.54, 1.807) is 12.1 Å². The summed E-state index contributed by atoms with van der Waals surface area (Å²) in [6, 6.07) is 11.1. The van der Waals surface area contributed by atoms with Gasteiger partial charge in [-0.3, -0.25) is 4.90 Å². The summed E-state index contributed by atoms with van der Waals surface area (Å²) < 4.78 is 10.7. The zero-order valence-corrected chi connectivity index (χ0v) is 13.2. The Balaban J connectivity index is 1.76. The highest BCUT2D eigenvalue weighted by Crippen LogP contribution is 2.27. The summed E-state index contributed by atoms with van der Waals surface area (Å²) in [7, 11) is 1.37. The van der Waals surface area contributed by atoms with Crippen LogP contribution in [0.1, 0.15) is 22.5 Å². The predicted octanol–water partition coefficient (Wildman–Crippen LogP) is 2.55. The molecule has 0 radical (unpaired) electrons. The lowest BCUT2D eigenvalue weighted by Crippen LogP contribution is -2.20. The van der Waals surface area contributed by atoms with Crippen molar-refractivity contribution < 1.29 is 19.1 Å². The fraction of sp³-hybridized carbons (Fsp3) is 0.389. The Morgan fingerprint density at radius 3 is 2.91 bits per heavy atom. The van der Waals surface area contributed by atoms with Crippen LogP contribution >= 0.6 is 0 Å². The number of carbonyl (C=O) groups is 1. The molecular formula is C18H21NO4. The molecule has 1 N–H and O–H groups in total. The number of aliphatic hydroxyl groups excluding tert-OH is 1. The van der Waals surface area contributed by atoms with Crippen LogP contribution in [0.5, 0.6) is 0 Å². The van der Waals surface area contributed by atoms with Crippen molar-refractivity contribution in [3.63, 3.8) is 0 Å². The SMILES string of the molecule is COC(=O)c1ccccc1-c1ccc(CN2CC[C@H](CO)C2)o1. The number of benzene rings is 1. The van der Waals surface area contributed by atoms with E-state index in [1.807, 2.05) is 24.3 Å². The Labute approximate surface area is 135 Å². The third kappa shape index (κ3) is 3.46. The lowest BCUT2D eigenvalue weighted by Gasteiger charge is -2.13. The minimum Gasteiger partial charge on any atom is -0.465 e. The van der Waals surface area contributed by atoms with Crippen molar-refractivity contribution in [3.05, 3.63) is 47.7 Å². The summed E-state index contributed by atoms with van der Waals surface area (Å²) in [4.78, 5) is 14.1. The molecule has 3 rings (SSSR count). The van der Waals surface area contributed by atoms with E-state index in [4.69, 9.17) is 9.15 Å². The van der Waals surface area contributed by atoms with Crippen LogP contribution < -0.4 is 0 Å². The van der Waals surface area contributed by atoms with Crippen LogP contribution in [-0.2, 0) is 11.3 Å². The number of aliphatic hydroxyl groups is 1. The van der Waals surface area contributed by atoms with Crippen molar-refractivity contribution >= 4 is 5.97 Å². The zero-order chi connectivity index (χ0) is 16.2. The van der Waals surface area contributed by atoms with Gasteiger partial charge < -0.3 is 14.3 Å². The Morgan fingerprint density at radius 1 is 1.35 bits per heavy atom. The molecule has 1 aromatic carbocycles. The highest BCUT2D eigenvalue weighted by molar-refractivity contribution is 5.96. The first kappa shape index (κ1) is 15.8. The van der Waals surface area contributed by atoms with Gasteiger partial charge >= 0.3 is 5.97 Å². The molecule has 1 saturated heterocycles. The molecule has 0 amide bonds. The largest absolute Gasteiger partial charge is 0.465 e. The van der Waals surface area contributed by atoms with Crippen LogP contribution in [0.2, 0.25) is 0 Å². The number of hydrogen-bond donors (Lipinski definition) is 1. The van der Waals surface area contributed by atoms with Gasteiger partial charge in [0.1, 0.15) is 11.5 Å². The molecule has 5 nitrogen and oxygen atoms in total. The molecule has 0 aliphatic carbocycles. The van der Waals surface area contributed by atoms with Gasteiger partial charge in [-0.2, -0.15) is 0 Å². The number of furan rings is 1. The van der Waals surface area contributed by atoms with Crippen LogP contribution in [0.3, 0.4) is 0 Å². The molecule has 0 saturated carbocycles. The number of carbonyl (C=O) groups excluding carboxylic acids is 1. The molecule has 0 spiro atoms. The molecule has 5 heteroatoms. The van der Waals surface area contributed by atoms with Crippen LogP contribution in [0.15, 0.2) is 40.8 Å². The highest BCUT2D eigenvalue weighted by atomic mass is 16.5. The average molecular weight is 315 g/mol. The minimum atomic E-state index is -0.371. The fourth-order valence-electron chi connectivity index (χ4n) is 3.02. The smallest absolute Gasteiger partial charge is 0.338 e. The molecule has 0 unspecified atom stereocenters. The quantitative estimate of drug-likeness (QED) is 0.859. The Morgan fingerprint density at radius 2 is 2.17 bits per heavy atom. The summed E-state index contributed by atoms with van der Waals surface area (Å²) in [5.41, 5.74) is 1.23. The van der Waals surface area contributed by atoms with E-state index in [0.29, 0.717) is 17.2 Å². The van der Waals surface area contributed by atoms with E-state index in [9.17, 15) is 9.90 Å². The van der Waals surface area contributed by atoms with Crippen molar-refractivity contribution in [2.45, 2.75) is 13.0 Å². The third-order valence-corrected chi connectivity index (χ3v) is 4.27. The maximum Gasteiger partial charge on any atom is 0.338 e. The van der Waals surface area contributed by atoms with Gasteiger partial charge in [-0.1, -0.05) is 18.2 Å². The van der Waals surface area contributed by atoms with Crippen molar-refractivity contribution in [1.29, 1.82) is 0 Å². The molecule has 1 aliphatic rings. The number of nitrogens with zero attached hydrogens (tertiary/aromatic N) is 1. The minimum absolute atomic E-state index is 0.242. The van der Waals surface area contributed by atoms with E-state index in [-0.39, 0.29) is 12.6 Å². The average Bonchev–Trinajstić information content (AvgIpc) is 3.24. The van der Waals surface area contributed by atoms with Gasteiger partial charge in [0.05, 0.1) is 19.2 Å². The Kier molecular flexibility index (Phi) is 4.79. The predicted molar refractivity (Wildman–Crippen MR) is 86.0 cm³/mol. The summed E-state index contributed by atoms with van der Waals surface area (Å²) in [5, 5.41) is 9.21. The van der Waals surface area contributed by atoms with Gasteiger partial charge in [0.15, 0.2) is 0 Å². The maximum absolute atomic E-state index is 11.9. The number of likely N-dealkylation sites (tertiary alicyclic amines) is 1. The van der Waals surface area contributed by atoms with Gasteiger partial charge in [0.25, 0.3) is 0 Å². The van der Waals surface area contributed by atoms with Crippen molar-refractivity contribution in [2.24, 2.45) is 5.92 Å². The van der Waals surface area contributed by atoms with Crippen LogP contribution in [0.25, 0.3) is 11.3 Å². The fourth-order valence-corrected chi connectivity index (χ4v) is 3.02. The highest BCUT2D eigenvalue weighted by Gasteiger charge is 2.23. The first-order valence-electron chi connectivity index (χ1n) is 7.81. The maximum atomic E-state index is 11.9. The molecule has 2 heterocycles. The molecule has 1 atom stereocenters. The third-order valence-electron chi connectivity index (χ3n) is 4.27. The molecule has 23 heavy (non-hydrogen) atoms. The summed E-state index contributed by atoms with van der Waals surface area (Å²) in [6.45, 7) is 2.83. The summed E-state index contributed by atoms with van der Waals surface area (Å²) >= 11 is 0. The summed E-state index contributed by atoms with van der Waals surface area (Å²) in [5.74, 6) is 1.52. The molecular weight excluding hydrogens is 294 g/mol.